The van der Waals surface area contributed by atoms with E-state index >= 15 is 0 Å². The number of nitrogens with zero attached hydrogens (tertiary/aromatic N) is 2. The largest absolute Gasteiger partial charge is 0.394 e. The third-order valence-electron chi connectivity index (χ3n) is 6.17. The lowest BCUT2D eigenvalue weighted by Gasteiger charge is -2.45. The molecule has 1 aliphatic heterocycles. The van der Waals surface area contributed by atoms with Gasteiger partial charge in [0.25, 0.3) is 11.8 Å². The monoisotopic (exact) mass is 558 g/mol. The lowest BCUT2D eigenvalue weighted by atomic mass is 9.78. The fourth-order valence-corrected chi connectivity index (χ4v) is 5.10. The third-order valence-corrected chi connectivity index (χ3v) is 7.12. The molecular weight excluding hydrogens is 532 g/mol. The minimum absolute atomic E-state index is 0.0206. The van der Waals surface area contributed by atoms with Crippen molar-refractivity contribution in [1.82, 2.24) is 20.1 Å². The molecule has 10 nitrogen and oxygen atoms in total. The fourth-order valence-electron chi connectivity index (χ4n) is 4.48. The van der Waals surface area contributed by atoms with Gasteiger partial charge in [0, 0.05) is 23.3 Å². The molecule has 3 atom stereocenters. The minimum Gasteiger partial charge on any atom is -0.394 e. The zero-order valence-corrected chi connectivity index (χ0v) is 22.0. The average molecular weight is 559 g/mol. The summed E-state index contributed by atoms with van der Waals surface area (Å²) in [5.41, 5.74) is 4.40. The number of hydroxylamine groups is 1. The summed E-state index contributed by atoms with van der Waals surface area (Å²) in [6.45, 7) is -0.782. The van der Waals surface area contributed by atoms with Crippen LogP contribution in [0.1, 0.15) is 39.1 Å². The molecule has 0 saturated carbocycles. The van der Waals surface area contributed by atoms with Crippen LogP contribution >= 0.6 is 11.6 Å². The molecule has 200 valence electrons. The number of amides is 2. The van der Waals surface area contributed by atoms with Gasteiger partial charge in [-0.2, -0.15) is 0 Å². The summed E-state index contributed by atoms with van der Waals surface area (Å²) >= 11 is 6.11. The smallest absolute Gasteiger partial charge is 0.255 e. The first kappa shape index (κ1) is 27.7. The predicted octanol–water partition coefficient (Wildman–Crippen LogP) is 2.17. The minimum atomic E-state index is -3.62. The molecule has 0 aliphatic carbocycles. The summed E-state index contributed by atoms with van der Waals surface area (Å²) in [4.78, 5) is 38.5. The van der Waals surface area contributed by atoms with Crippen molar-refractivity contribution in [3.8, 4) is 0 Å². The Morgan fingerprint density at radius 2 is 1.84 bits per heavy atom. The van der Waals surface area contributed by atoms with Gasteiger partial charge in [0.2, 0.25) is 10.0 Å². The molecule has 1 aromatic heterocycles. The number of aromatic nitrogens is 1. The van der Waals surface area contributed by atoms with Crippen molar-refractivity contribution in [2.24, 2.45) is 0 Å². The summed E-state index contributed by atoms with van der Waals surface area (Å²) in [6.07, 6.45) is 2.60. The maximum Gasteiger partial charge on any atom is 0.255 e. The topological polar surface area (TPSA) is 138 Å². The molecule has 0 radical (unpaired) electrons. The van der Waals surface area contributed by atoms with Crippen LogP contribution in [0.25, 0.3) is 0 Å². The number of hydrogen-bond acceptors (Lipinski definition) is 7. The van der Waals surface area contributed by atoms with Crippen LogP contribution in [0.4, 0.5) is 0 Å². The molecule has 0 spiro atoms. The van der Waals surface area contributed by atoms with E-state index in [-0.39, 0.29) is 18.7 Å². The van der Waals surface area contributed by atoms with Gasteiger partial charge in [0.05, 0.1) is 36.6 Å². The van der Waals surface area contributed by atoms with Gasteiger partial charge in [-0.05, 0) is 41.5 Å². The second kappa shape index (κ2) is 12.0. The number of rotatable bonds is 10. The van der Waals surface area contributed by atoms with Crippen LogP contribution in [0.2, 0.25) is 5.02 Å². The second-order valence-corrected chi connectivity index (χ2v) is 11.1. The molecule has 3 N–H and O–H groups in total. The number of hydrogen-bond donors (Lipinski definition) is 3. The molecule has 0 bridgehead atoms. The maximum absolute atomic E-state index is 13.8. The van der Waals surface area contributed by atoms with Gasteiger partial charge < -0.3 is 10.0 Å². The van der Waals surface area contributed by atoms with Crippen molar-refractivity contribution in [3.63, 3.8) is 0 Å². The number of pyridine rings is 1. The first-order valence-corrected chi connectivity index (χ1v) is 14.0. The number of fused-ring (bicyclic) bond motifs is 1. The highest BCUT2D eigenvalue weighted by Gasteiger charge is 2.46. The molecule has 4 rings (SSSR count). The number of aliphatic hydroxyl groups excluding tert-OH is 1. The SMILES string of the molecule is CS(=O)(=O)NC[C@H](CO)N1C(=O)c2ccccc2C(C(=O)NOCc2ccccn2)C1c1ccc(Cl)cc1. The zero-order valence-electron chi connectivity index (χ0n) is 20.5. The highest BCUT2D eigenvalue weighted by atomic mass is 35.5. The van der Waals surface area contributed by atoms with Gasteiger partial charge in [-0.3, -0.25) is 19.4 Å². The Morgan fingerprint density at radius 3 is 2.50 bits per heavy atom. The number of aliphatic hydroxyl groups is 1. The third kappa shape index (κ3) is 6.37. The quantitative estimate of drug-likeness (QED) is 0.324. The Kier molecular flexibility index (Phi) is 8.75. The maximum atomic E-state index is 13.8. The Hall–Kier alpha value is -3.35. The van der Waals surface area contributed by atoms with Gasteiger partial charge >= 0.3 is 0 Å². The van der Waals surface area contributed by atoms with Crippen molar-refractivity contribution in [2.45, 2.75) is 24.6 Å². The molecule has 2 heterocycles. The highest BCUT2D eigenvalue weighted by Crippen LogP contribution is 2.44. The number of sulfonamides is 1. The van der Waals surface area contributed by atoms with Crippen LogP contribution in [0, 0.1) is 0 Å². The van der Waals surface area contributed by atoms with Crippen LogP contribution in [0.3, 0.4) is 0 Å². The predicted molar refractivity (Wildman–Crippen MR) is 140 cm³/mol. The Balaban J connectivity index is 1.75. The van der Waals surface area contributed by atoms with Gasteiger partial charge in [-0.1, -0.05) is 48.0 Å². The van der Waals surface area contributed by atoms with Crippen LogP contribution in [-0.4, -0.2) is 60.7 Å². The Labute approximate surface area is 225 Å². The van der Waals surface area contributed by atoms with E-state index in [1.165, 1.54) is 4.90 Å². The molecule has 2 aromatic carbocycles. The van der Waals surface area contributed by atoms with E-state index in [1.807, 2.05) is 0 Å². The van der Waals surface area contributed by atoms with Crippen LogP contribution in [0.15, 0.2) is 72.9 Å². The standard InChI is InChI=1S/C26H27ClN4O6S/c1-38(35,36)29-14-20(15-32)31-24(17-9-11-18(27)12-10-17)23(21-7-2-3-8-22(21)26(31)34)25(33)30-37-16-19-6-4-5-13-28-19/h2-13,20,23-24,29,32H,14-16H2,1H3,(H,30,33)/t20-,23?,24?/m1/s1. The van der Waals surface area contributed by atoms with Gasteiger partial charge in [-0.25, -0.2) is 18.6 Å². The summed E-state index contributed by atoms with van der Waals surface area (Å²) in [5.74, 6) is -1.94. The van der Waals surface area contributed by atoms with Gasteiger partial charge in [0.1, 0.15) is 6.61 Å². The number of carbonyl (C=O) groups excluding carboxylic acids is 2. The second-order valence-electron chi connectivity index (χ2n) is 8.81. The van der Waals surface area contributed by atoms with Crippen molar-refractivity contribution in [3.05, 3.63) is 100 Å². The molecule has 2 unspecified atom stereocenters. The Morgan fingerprint density at radius 1 is 1.13 bits per heavy atom. The summed E-state index contributed by atoms with van der Waals surface area (Å²) in [6, 6.07) is 16.8. The molecule has 0 saturated heterocycles. The summed E-state index contributed by atoms with van der Waals surface area (Å²) < 4.78 is 26.0. The number of nitrogens with one attached hydrogen (secondary N) is 2. The van der Waals surface area contributed by atoms with Crippen LogP contribution in [-0.2, 0) is 26.3 Å². The molecule has 38 heavy (non-hydrogen) atoms. The summed E-state index contributed by atoms with van der Waals surface area (Å²) in [5, 5.41) is 10.7. The number of halogens is 1. The van der Waals surface area contributed by atoms with Crippen molar-refractivity contribution >= 4 is 33.4 Å². The normalized spacial score (nSPS) is 18.1. The van der Waals surface area contributed by atoms with Crippen LogP contribution in [0.5, 0.6) is 0 Å². The molecule has 12 heteroatoms. The van der Waals surface area contributed by atoms with Gasteiger partial charge in [0.15, 0.2) is 0 Å². The van der Waals surface area contributed by atoms with Crippen molar-refractivity contribution < 1.29 is 28.0 Å². The van der Waals surface area contributed by atoms with E-state index in [2.05, 4.69) is 15.2 Å². The Bertz CT molecular complexity index is 1390. The molecule has 0 fully saturated rings. The summed E-state index contributed by atoms with van der Waals surface area (Å²) in [7, 11) is -3.62. The lowest BCUT2D eigenvalue weighted by Crippen LogP contribution is -2.55. The average Bonchev–Trinajstić information content (AvgIpc) is 2.90. The zero-order chi connectivity index (χ0) is 27.3. The van der Waals surface area contributed by atoms with Crippen molar-refractivity contribution in [1.29, 1.82) is 0 Å². The number of benzene rings is 2. The molecule has 2 amide bonds. The fraction of sp³-hybridized carbons (Fsp3) is 0.269. The van der Waals surface area contributed by atoms with E-state index in [1.54, 1.807) is 72.9 Å². The first-order valence-electron chi connectivity index (χ1n) is 11.7. The van der Waals surface area contributed by atoms with E-state index in [9.17, 15) is 23.1 Å². The van der Waals surface area contributed by atoms with E-state index in [4.69, 9.17) is 16.4 Å². The lowest BCUT2D eigenvalue weighted by molar-refractivity contribution is -0.138. The van der Waals surface area contributed by atoms with E-state index < -0.39 is 46.4 Å². The molecule has 1 aliphatic rings. The molecule has 3 aromatic rings. The van der Waals surface area contributed by atoms with E-state index in [0.29, 0.717) is 21.8 Å². The molecular formula is C26H27ClN4O6S. The van der Waals surface area contributed by atoms with Crippen LogP contribution < -0.4 is 10.2 Å². The van der Waals surface area contributed by atoms with Gasteiger partial charge in [-0.15, -0.1) is 0 Å². The van der Waals surface area contributed by atoms with E-state index in [0.717, 1.165) is 6.26 Å². The first-order chi connectivity index (χ1) is 18.2. The van der Waals surface area contributed by atoms with Crippen molar-refractivity contribution in [2.75, 3.05) is 19.4 Å². The number of carbonyl (C=O) groups is 2. The highest BCUT2D eigenvalue weighted by molar-refractivity contribution is 7.88.